The predicted octanol–water partition coefficient (Wildman–Crippen LogP) is 1.38. The number of aliphatic hydroxyl groups is 1. The summed E-state index contributed by atoms with van der Waals surface area (Å²) in [6.07, 6.45) is 3.00. The van der Waals surface area contributed by atoms with Crippen LogP contribution < -0.4 is 0 Å². The minimum absolute atomic E-state index is 0.243. The Morgan fingerprint density at radius 1 is 1.45 bits per heavy atom. The zero-order chi connectivity index (χ0) is 7.95. The summed E-state index contributed by atoms with van der Waals surface area (Å²) in [4.78, 5) is -0.243. The highest BCUT2D eigenvalue weighted by atomic mass is 32.2. The smallest absolute Gasteiger partial charge is 0.142 e. The van der Waals surface area contributed by atoms with Crippen LogP contribution >= 0.6 is 11.8 Å². The molecule has 1 saturated carbocycles. The third-order valence-corrected chi connectivity index (χ3v) is 4.34. The van der Waals surface area contributed by atoms with E-state index in [0.29, 0.717) is 0 Å². The molecule has 64 valence electrons. The van der Waals surface area contributed by atoms with Crippen molar-refractivity contribution in [2.75, 3.05) is 12.4 Å². The molecule has 1 spiro atoms. The Morgan fingerprint density at radius 3 is 2.73 bits per heavy atom. The van der Waals surface area contributed by atoms with E-state index < -0.39 is 5.60 Å². The molecule has 0 radical (unpaired) electrons. The molecule has 0 bridgehead atoms. The van der Waals surface area contributed by atoms with Crippen LogP contribution in [-0.2, 0) is 4.74 Å². The summed E-state index contributed by atoms with van der Waals surface area (Å²) < 4.78 is 5.63. The van der Waals surface area contributed by atoms with Crippen LogP contribution in [0.2, 0.25) is 0 Å². The van der Waals surface area contributed by atoms with Gasteiger partial charge in [-0.15, -0.1) is 11.8 Å². The van der Waals surface area contributed by atoms with Gasteiger partial charge in [0.25, 0.3) is 0 Å². The summed E-state index contributed by atoms with van der Waals surface area (Å²) in [5.74, 6) is 1.04. The average Bonchev–Trinajstić information content (AvgIpc) is 2.45. The van der Waals surface area contributed by atoms with Crippen molar-refractivity contribution in [1.29, 1.82) is 0 Å². The fourth-order valence-electron chi connectivity index (χ4n) is 2.04. The van der Waals surface area contributed by atoms with Crippen LogP contribution in [0.4, 0.5) is 0 Å². The zero-order valence-corrected chi connectivity index (χ0v) is 7.62. The molecular formula is C8H14O2S. The van der Waals surface area contributed by atoms with Gasteiger partial charge in [-0.1, -0.05) is 0 Å². The second kappa shape index (κ2) is 2.38. The van der Waals surface area contributed by atoms with Gasteiger partial charge in [-0.05, 0) is 26.2 Å². The van der Waals surface area contributed by atoms with E-state index in [0.717, 1.165) is 31.6 Å². The first-order chi connectivity index (χ1) is 5.16. The lowest BCUT2D eigenvalue weighted by atomic mass is 10.0. The second-order valence-corrected chi connectivity index (χ2v) is 4.93. The Morgan fingerprint density at radius 2 is 2.27 bits per heavy atom. The van der Waals surface area contributed by atoms with Gasteiger partial charge in [0.1, 0.15) is 10.5 Å². The highest BCUT2D eigenvalue weighted by Crippen LogP contribution is 2.51. The molecular weight excluding hydrogens is 160 g/mol. The number of hydrogen-bond acceptors (Lipinski definition) is 3. The van der Waals surface area contributed by atoms with Crippen LogP contribution in [-0.4, -0.2) is 28.0 Å². The Balaban J connectivity index is 2.22. The first-order valence-corrected chi connectivity index (χ1v) is 5.15. The monoisotopic (exact) mass is 174 g/mol. The summed E-state index contributed by atoms with van der Waals surface area (Å²) in [5, 5.41) is 10.00. The number of rotatable bonds is 0. The van der Waals surface area contributed by atoms with E-state index >= 15 is 0 Å². The lowest BCUT2D eigenvalue weighted by molar-refractivity contribution is -0.0884. The zero-order valence-electron chi connectivity index (χ0n) is 6.80. The van der Waals surface area contributed by atoms with Gasteiger partial charge >= 0.3 is 0 Å². The normalized spacial score (nSPS) is 50.7. The molecule has 2 rings (SSSR count). The molecule has 2 atom stereocenters. The van der Waals surface area contributed by atoms with Crippen molar-refractivity contribution in [3.8, 4) is 0 Å². The van der Waals surface area contributed by atoms with Crippen LogP contribution in [0.25, 0.3) is 0 Å². The second-order valence-electron chi connectivity index (χ2n) is 3.58. The lowest BCUT2D eigenvalue weighted by Gasteiger charge is -2.34. The SMILES string of the molecule is C[C@]1(O)CCC[C@]12OCCS2. The third-order valence-electron chi connectivity index (χ3n) is 2.74. The molecule has 2 nitrogen and oxygen atoms in total. The van der Waals surface area contributed by atoms with Crippen molar-refractivity contribution in [3.05, 3.63) is 0 Å². The molecule has 11 heavy (non-hydrogen) atoms. The minimum atomic E-state index is -0.589. The Labute approximate surface area is 71.3 Å². The fraction of sp³-hybridized carbons (Fsp3) is 1.00. The van der Waals surface area contributed by atoms with Crippen LogP contribution in [0.1, 0.15) is 26.2 Å². The molecule has 0 aromatic rings. The number of ether oxygens (including phenoxy) is 1. The number of thioether (sulfide) groups is 1. The van der Waals surface area contributed by atoms with Crippen molar-refractivity contribution in [2.45, 2.75) is 36.7 Å². The lowest BCUT2D eigenvalue weighted by Crippen LogP contribution is -2.44. The minimum Gasteiger partial charge on any atom is -0.386 e. The van der Waals surface area contributed by atoms with Crippen LogP contribution in [0.5, 0.6) is 0 Å². The van der Waals surface area contributed by atoms with Gasteiger partial charge < -0.3 is 9.84 Å². The molecule has 2 fully saturated rings. The molecule has 1 heterocycles. The van der Waals surface area contributed by atoms with E-state index in [-0.39, 0.29) is 4.93 Å². The Bertz CT molecular complexity index is 156. The van der Waals surface area contributed by atoms with E-state index in [2.05, 4.69) is 0 Å². The molecule has 0 aromatic heterocycles. The van der Waals surface area contributed by atoms with Gasteiger partial charge in [0, 0.05) is 5.75 Å². The Hall–Kier alpha value is 0.270. The van der Waals surface area contributed by atoms with E-state index in [1.807, 2.05) is 6.92 Å². The van der Waals surface area contributed by atoms with Gasteiger partial charge in [-0.3, -0.25) is 0 Å². The third kappa shape index (κ3) is 1.02. The molecule has 0 unspecified atom stereocenters. The van der Waals surface area contributed by atoms with Gasteiger partial charge in [0.2, 0.25) is 0 Å². The molecule has 0 aromatic carbocycles. The highest BCUT2D eigenvalue weighted by molar-refractivity contribution is 8.00. The molecule has 1 N–H and O–H groups in total. The van der Waals surface area contributed by atoms with Crippen molar-refractivity contribution >= 4 is 11.8 Å². The molecule has 2 aliphatic rings. The van der Waals surface area contributed by atoms with Crippen LogP contribution in [0, 0.1) is 0 Å². The summed E-state index contributed by atoms with van der Waals surface area (Å²) in [5.41, 5.74) is -0.589. The van der Waals surface area contributed by atoms with Gasteiger partial charge in [-0.25, -0.2) is 0 Å². The van der Waals surface area contributed by atoms with Gasteiger partial charge in [0.05, 0.1) is 6.61 Å². The van der Waals surface area contributed by atoms with Crippen LogP contribution in [0.15, 0.2) is 0 Å². The molecule has 3 heteroatoms. The largest absolute Gasteiger partial charge is 0.386 e. The maximum absolute atomic E-state index is 10.00. The van der Waals surface area contributed by atoms with E-state index in [4.69, 9.17) is 4.74 Å². The van der Waals surface area contributed by atoms with E-state index in [1.54, 1.807) is 11.8 Å². The van der Waals surface area contributed by atoms with Gasteiger partial charge in [-0.2, -0.15) is 0 Å². The first kappa shape index (κ1) is 7.90. The van der Waals surface area contributed by atoms with Crippen molar-refractivity contribution in [3.63, 3.8) is 0 Å². The maximum Gasteiger partial charge on any atom is 0.142 e. The van der Waals surface area contributed by atoms with Crippen molar-refractivity contribution in [1.82, 2.24) is 0 Å². The average molecular weight is 174 g/mol. The summed E-state index contributed by atoms with van der Waals surface area (Å²) in [7, 11) is 0. The van der Waals surface area contributed by atoms with Crippen molar-refractivity contribution < 1.29 is 9.84 Å². The quantitative estimate of drug-likeness (QED) is 0.601. The fourth-order valence-corrected chi connectivity index (χ4v) is 3.40. The standard InChI is InChI=1S/C8H14O2S/c1-7(9)3-2-4-8(7)10-5-6-11-8/h9H,2-6H2,1H3/t7-,8+/m0/s1. The first-order valence-electron chi connectivity index (χ1n) is 4.17. The van der Waals surface area contributed by atoms with Crippen LogP contribution in [0.3, 0.4) is 0 Å². The highest BCUT2D eigenvalue weighted by Gasteiger charge is 2.54. The predicted molar refractivity (Wildman–Crippen MR) is 45.6 cm³/mol. The Kier molecular flexibility index (Phi) is 1.71. The molecule has 1 aliphatic heterocycles. The van der Waals surface area contributed by atoms with E-state index in [9.17, 15) is 5.11 Å². The van der Waals surface area contributed by atoms with E-state index in [1.165, 1.54) is 0 Å². The van der Waals surface area contributed by atoms with Gasteiger partial charge in [0.15, 0.2) is 0 Å². The topological polar surface area (TPSA) is 29.5 Å². The summed E-state index contributed by atoms with van der Waals surface area (Å²) in [6, 6.07) is 0. The molecule has 0 amide bonds. The summed E-state index contributed by atoms with van der Waals surface area (Å²) in [6.45, 7) is 2.71. The maximum atomic E-state index is 10.00. The number of hydrogen-bond donors (Lipinski definition) is 1. The summed E-state index contributed by atoms with van der Waals surface area (Å²) >= 11 is 1.79. The molecule has 1 saturated heterocycles. The molecule has 1 aliphatic carbocycles. The van der Waals surface area contributed by atoms with Crippen molar-refractivity contribution in [2.24, 2.45) is 0 Å².